The summed E-state index contributed by atoms with van der Waals surface area (Å²) in [6.07, 6.45) is 0. The molecule has 0 aliphatic carbocycles. The van der Waals surface area contributed by atoms with E-state index in [1.54, 1.807) is 19.1 Å². The Bertz CT molecular complexity index is 884. The van der Waals surface area contributed by atoms with E-state index in [1.807, 2.05) is 20.8 Å². The van der Waals surface area contributed by atoms with Gasteiger partial charge >= 0.3 is 0 Å². The second-order valence-corrected chi connectivity index (χ2v) is 8.18. The van der Waals surface area contributed by atoms with Crippen molar-refractivity contribution in [1.82, 2.24) is 10.3 Å². The van der Waals surface area contributed by atoms with Crippen molar-refractivity contribution in [3.63, 3.8) is 0 Å². The van der Waals surface area contributed by atoms with Crippen LogP contribution in [0.2, 0.25) is 0 Å². The molecule has 1 amide bonds. The zero-order valence-corrected chi connectivity index (χ0v) is 18.0. The zero-order valence-electron chi connectivity index (χ0n) is 17.2. The van der Waals surface area contributed by atoms with Crippen molar-refractivity contribution < 1.29 is 19.0 Å². The number of nitrogens with one attached hydrogen (secondary N) is 1. The number of nitriles is 1. The molecule has 0 spiro atoms. The van der Waals surface area contributed by atoms with Gasteiger partial charge in [-0.2, -0.15) is 5.26 Å². The molecule has 0 saturated carbocycles. The van der Waals surface area contributed by atoms with Crippen LogP contribution in [0.4, 0.5) is 0 Å². The first-order chi connectivity index (χ1) is 13.2. The molecule has 0 radical (unpaired) electrons. The first-order valence-electron chi connectivity index (χ1n) is 8.64. The first-order valence-corrected chi connectivity index (χ1v) is 9.46. The molecule has 2 aromatic rings. The molecule has 1 aromatic carbocycles. The summed E-state index contributed by atoms with van der Waals surface area (Å²) < 4.78 is 16.0. The van der Waals surface area contributed by atoms with E-state index in [9.17, 15) is 10.1 Å². The quantitative estimate of drug-likeness (QED) is 0.789. The summed E-state index contributed by atoms with van der Waals surface area (Å²) in [5.74, 6) is 0.904. The number of carbonyl (C=O) groups excluding carboxylic acids is 1. The maximum Gasteiger partial charge on any atom is 0.264 e. The molecule has 1 unspecified atom stereocenters. The van der Waals surface area contributed by atoms with E-state index in [1.165, 1.54) is 32.7 Å². The predicted molar refractivity (Wildman–Crippen MR) is 107 cm³/mol. The molecule has 0 bridgehead atoms. The Morgan fingerprint density at radius 2 is 1.75 bits per heavy atom. The van der Waals surface area contributed by atoms with Gasteiger partial charge in [0, 0.05) is 5.41 Å². The summed E-state index contributed by atoms with van der Waals surface area (Å²) in [7, 11) is 4.49. The normalized spacial score (nSPS) is 12.1. The molecule has 150 valence electrons. The predicted octanol–water partition coefficient (Wildman–Crippen LogP) is 3.77. The van der Waals surface area contributed by atoms with Crippen molar-refractivity contribution in [1.29, 1.82) is 5.26 Å². The topological polar surface area (TPSA) is 93.5 Å². The largest absolute Gasteiger partial charge is 0.493 e. The average molecular weight is 404 g/mol. The molecule has 0 fully saturated rings. The molecule has 0 aliphatic heterocycles. The fourth-order valence-corrected chi connectivity index (χ4v) is 3.61. The van der Waals surface area contributed by atoms with Crippen molar-refractivity contribution in [3.8, 4) is 23.3 Å². The lowest BCUT2D eigenvalue weighted by Crippen LogP contribution is -2.27. The average Bonchev–Trinajstić information content (AvgIpc) is 3.06. The van der Waals surface area contributed by atoms with Crippen LogP contribution in [0.15, 0.2) is 12.1 Å². The number of benzene rings is 1. The van der Waals surface area contributed by atoms with Crippen molar-refractivity contribution >= 4 is 17.2 Å². The van der Waals surface area contributed by atoms with Crippen molar-refractivity contribution in [2.45, 2.75) is 39.2 Å². The fraction of sp³-hybridized carbons (Fsp3) is 0.450. The first kappa shape index (κ1) is 21.5. The SMILES string of the molecule is COc1cc(C(C#N)NC(=O)c2sc(C(C)(C)C)nc2C)cc(OC)c1OC. The van der Waals surface area contributed by atoms with E-state index in [0.717, 1.165) is 5.01 Å². The van der Waals surface area contributed by atoms with Gasteiger partial charge in [-0.3, -0.25) is 4.79 Å². The van der Waals surface area contributed by atoms with Gasteiger partial charge in [0.2, 0.25) is 5.75 Å². The summed E-state index contributed by atoms with van der Waals surface area (Å²) in [6, 6.07) is 4.52. The van der Waals surface area contributed by atoms with Gasteiger partial charge in [0.15, 0.2) is 11.5 Å². The molecule has 1 N–H and O–H groups in total. The van der Waals surface area contributed by atoms with Crippen LogP contribution in [-0.2, 0) is 5.41 Å². The van der Waals surface area contributed by atoms with Gasteiger partial charge in [-0.15, -0.1) is 11.3 Å². The molecule has 0 aliphatic rings. The standard InChI is InChI=1S/C20H25N3O4S/c1-11-17(28-19(22-11)20(2,3)4)18(24)23-13(10-21)12-8-14(25-5)16(27-7)15(9-12)26-6/h8-9,13H,1-7H3,(H,23,24). The minimum absolute atomic E-state index is 0.153. The van der Waals surface area contributed by atoms with Crippen LogP contribution in [0.5, 0.6) is 17.2 Å². The fourth-order valence-electron chi connectivity index (χ4n) is 2.58. The van der Waals surface area contributed by atoms with E-state index < -0.39 is 6.04 Å². The monoisotopic (exact) mass is 403 g/mol. The second-order valence-electron chi connectivity index (χ2n) is 7.18. The smallest absolute Gasteiger partial charge is 0.264 e. The lowest BCUT2D eigenvalue weighted by Gasteiger charge is -2.17. The molecule has 8 heteroatoms. The van der Waals surface area contributed by atoms with E-state index in [2.05, 4.69) is 16.4 Å². The molecule has 1 heterocycles. The molecule has 2 rings (SSSR count). The Hall–Kier alpha value is -2.79. The summed E-state index contributed by atoms with van der Waals surface area (Å²) in [4.78, 5) is 17.8. The summed E-state index contributed by atoms with van der Waals surface area (Å²) in [5, 5.41) is 13.3. The van der Waals surface area contributed by atoms with Crippen LogP contribution in [0.25, 0.3) is 0 Å². The number of thiazole rings is 1. The van der Waals surface area contributed by atoms with Gasteiger partial charge in [0.1, 0.15) is 10.9 Å². The van der Waals surface area contributed by atoms with Crippen molar-refractivity contribution in [2.24, 2.45) is 0 Å². The van der Waals surface area contributed by atoms with Crippen LogP contribution < -0.4 is 19.5 Å². The highest BCUT2D eigenvalue weighted by Crippen LogP contribution is 2.39. The molecule has 1 atom stereocenters. The third-order valence-electron chi connectivity index (χ3n) is 4.07. The lowest BCUT2D eigenvalue weighted by molar-refractivity contribution is 0.0948. The van der Waals surface area contributed by atoms with E-state index in [0.29, 0.717) is 33.4 Å². The summed E-state index contributed by atoms with van der Waals surface area (Å²) >= 11 is 1.34. The molecule has 0 saturated heterocycles. The van der Waals surface area contributed by atoms with Crippen LogP contribution in [0.1, 0.15) is 52.7 Å². The zero-order chi connectivity index (χ0) is 21.1. The number of aryl methyl sites for hydroxylation is 1. The molecule has 28 heavy (non-hydrogen) atoms. The molecule has 7 nitrogen and oxygen atoms in total. The number of methoxy groups -OCH3 is 3. The third-order valence-corrected chi connectivity index (χ3v) is 5.65. The lowest BCUT2D eigenvalue weighted by atomic mass is 9.98. The Labute approximate surface area is 169 Å². The molecule has 1 aromatic heterocycles. The van der Waals surface area contributed by atoms with Crippen molar-refractivity contribution in [3.05, 3.63) is 33.3 Å². The number of aromatic nitrogens is 1. The Morgan fingerprint density at radius 3 is 2.14 bits per heavy atom. The summed E-state index contributed by atoms with van der Waals surface area (Å²) in [6.45, 7) is 7.92. The number of carbonyl (C=O) groups is 1. The molecular weight excluding hydrogens is 378 g/mol. The minimum Gasteiger partial charge on any atom is -0.493 e. The van der Waals surface area contributed by atoms with Gasteiger partial charge in [0.05, 0.1) is 38.1 Å². The van der Waals surface area contributed by atoms with Gasteiger partial charge in [-0.05, 0) is 24.6 Å². The van der Waals surface area contributed by atoms with E-state index in [4.69, 9.17) is 14.2 Å². The van der Waals surface area contributed by atoms with Crippen LogP contribution in [-0.4, -0.2) is 32.2 Å². The van der Waals surface area contributed by atoms with E-state index >= 15 is 0 Å². The van der Waals surface area contributed by atoms with Crippen molar-refractivity contribution in [2.75, 3.05) is 21.3 Å². The highest BCUT2D eigenvalue weighted by molar-refractivity contribution is 7.14. The van der Waals surface area contributed by atoms with E-state index in [-0.39, 0.29) is 11.3 Å². The number of ether oxygens (including phenoxy) is 3. The van der Waals surface area contributed by atoms with Crippen LogP contribution in [0, 0.1) is 18.3 Å². The number of amides is 1. The Kier molecular flexibility index (Phi) is 6.52. The third kappa shape index (κ3) is 4.37. The number of rotatable bonds is 6. The van der Waals surface area contributed by atoms with Gasteiger partial charge in [0.25, 0.3) is 5.91 Å². The number of nitrogens with zero attached hydrogens (tertiary/aromatic N) is 2. The molecular formula is C20H25N3O4S. The van der Waals surface area contributed by atoms with Crippen LogP contribution >= 0.6 is 11.3 Å². The Morgan fingerprint density at radius 1 is 1.18 bits per heavy atom. The van der Waals surface area contributed by atoms with Gasteiger partial charge in [-0.1, -0.05) is 20.8 Å². The number of hydrogen-bond donors (Lipinski definition) is 1. The van der Waals surface area contributed by atoms with Gasteiger partial charge < -0.3 is 19.5 Å². The summed E-state index contributed by atoms with van der Waals surface area (Å²) in [5.41, 5.74) is 1.02. The maximum absolute atomic E-state index is 12.8. The maximum atomic E-state index is 12.8. The second kappa shape index (κ2) is 8.48. The number of hydrogen-bond acceptors (Lipinski definition) is 7. The minimum atomic E-state index is -0.888. The Balaban J connectivity index is 2.36. The highest BCUT2D eigenvalue weighted by Gasteiger charge is 2.26. The van der Waals surface area contributed by atoms with Gasteiger partial charge in [-0.25, -0.2) is 4.98 Å². The van der Waals surface area contributed by atoms with Crippen LogP contribution in [0.3, 0.4) is 0 Å². The highest BCUT2D eigenvalue weighted by atomic mass is 32.1.